The second kappa shape index (κ2) is 8.68. The molecule has 2 rings (SSSR count). The molecule has 2 amide bonds. The van der Waals surface area contributed by atoms with Gasteiger partial charge in [0.1, 0.15) is 11.4 Å². The smallest absolute Gasteiger partial charge is 0.268 e. The lowest BCUT2D eigenvalue weighted by Crippen LogP contribution is -2.38. The fourth-order valence-electron chi connectivity index (χ4n) is 2.22. The first-order chi connectivity index (χ1) is 12.0. The third-order valence-corrected chi connectivity index (χ3v) is 3.39. The Kier molecular flexibility index (Phi) is 6.34. The number of hydrogen-bond donors (Lipinski definition) is 2. The highest BCUT2D eigenvalue weighted by Gasteiger charge is 2.16. The lowest BCUT2D eigenvalue weighted by atomic mass is 10.1. The highest BCUT2D eigenvalue weighted by Crippen LogP contribution is 2.20. The van der Waals surface area contributed by atoms with Crippen molar-refractivity contribution in [1.29, 1.82) is 0 Å². The molecule has 0 fully saturated rings. The molecule has 5 nitrogen and oxygen atoms in total. The lowest BCUT2D eigenvalue weighted by Gasteiger charge is -2.14. The molecule has 0 atom stereocenters. The normalized spacial score (nSPS) is 11.1. The van der Waals surface area contributed by atoms with E-state index in [-0.39, 0.29) is 23.6 Å². The molecule has 25 heavy (non-hydrogen) atoms. The van der Waals surface area contributed by atoms with E-state index in [1.807, 2.05) is 38.1 Å². The van der Waals surface area contributed by atoms with Crippen molar-refractivity contribution in [3.05, 3.63) is 71.4 Å². The number of carbonyl (C=O) groups is 2. The maximum atomic E-state index is 12.5. The maximum Gasteiger partial charge on any atom is 0.268 e. The molecule has 0 aliphatic carbocycles. The Morgan fingerprint density at radius 3 is 2.28 bits per heavy atom. The van der Waals surface area contributed by atoms with Crippen LogP contribution in [0.15, 0.2) is 60.3 Å². The average molecular weight is 338 g/mol. The zero-order valence-corrected chi connectivity index (χ0v) is 14.6. The summed E-state index contributed by atoms with van der Waals surface area (Å²) in [5, 5.41) is 5.49. The third-order valence-electron chi connectivity index (χ3n) is 3.39. The van der Waals surface area contributed by atoms with Gasteiger partial charge in [0.05, 0.1) is 7.11 Å². The number of ether oxygens (including phenoxy) is 1. The van der Waals surface area contributed by atoms with Gasteiger partial charge in [-0.3, -0.25) is 9.59 Å². The van der Waals surface area contributed by atoms with Gasteiger partial charge in [-0.05, 0) is 38.1 Å². The van der Waals surface area contributed by atoms with Crippen LogP contribution in [0.2, 0.25) is 0 Å². The van der Waals surface area contributed by atoms with E-state index >= 15 is 0 Å². The molecular formula is C20H22N2O3. The minimum absolute atomic E-state index is 0.0535. The van der Waals surface area contributed by atoms with Crippen molar-refractivity contribution < 1.29 is 14.3 Å². The second-order valence-electron chi connectivity index (χ2n) is 5.75. The Morgan fingerprint density at radius 1 is 1.00 bits per heavy atom. The minimum Gasteiger partial charge on any atom is -0.496 e. The quantitative estimate of drug-likeness (QED) is 0.796. The van der Waals surface area contributed by atoms with Gasteiger partial charge in [0, 0.05) is 17.2 Å². The molecule has 5 heteroatoms. The molecule has 0 saturated carbocycles. The number of nitrogens with one attached hydrogen (secondary N) is 2. The summed E-state index contributed by atoms with van der Waals surface area (Å²) in [7, 11) is 1.56. The fourth-order valence-corrected chi connectivity index (χ4v) is 2.22. The summed E-state index contributed by atoms with van der Waals surface area (Å²) < 4.78 is 5.31. The second-order valence-corrected chi connectivity index (χ2v) is 5.75. The van der Waals surface area contributed by atoms with Gasteiger partial charge in [-0.2, -0.15) is 0 Å². The number of para-hydroxylation sites is 1. The summed E-state index contributed by atoms with van der Waals surface area (Å²) in [5.41, 5.74) is 1.34. The van der Waals surface area contributed by atoms with Crippen LogP contribution in [-0.2, 0) is 4.79 Å². The van der Waals surface area contributed by atoms with E-state index in [4.69, 9.17) is 4.74 Å². The summed E-state index contributed by atoms with van der Waals surface area (Å²) in [5.74, 6) is -0.0860. The molecule has 0 aromatic heterocycles. The predicted molar refractivity (Wildman–Crippen MR) is 98.2 cm³/mol. The average Bonchev–Trinajstić information content (AvgIpc) is 2.61. The number of rotatable bonds is 6. The molecule has 0 radical (unpaired) electrons. The highest BCUT2D eigenvalue weighted by atomic mass is 16.5. The molecule has 0 aliphatic rings. The van der Waals surface area contributed by atoms with Crippen LogP contribution >= 0.6 is 0 Å². The predicted octanol–water partition coefficient (Wildman–Crippen LogP) is 2.99. The molecule has 0 saturated heterocycles. The molecule has 0 heterocycles. The maximum absolute atomic E-state index is 12.5. The number of carbonyl (C=O) groups excluding carboxylic acids is 2. The van der Waals surface area contributed by atoms with Crippen LogP contribution in [0.1, 0.15) is 29.8 Å². The Hall–Kier alpha value is -3.08. The van der Waals surface area contributed by atoms with Gasteiger partial charge in [-0.1, -0.05) is 36.4 Å². The van der Waals surface area contributed by atoms with Crippen LogP contribution in [0, 0.1) is 0 Å². The highest BCUT2D eigenvalue weighted by molar-refractivity contribution is 6.05. The van der Waals surface area contributed by atoms with Crippen molar-refractivity contribution in [2.45, 2.75) is 19.9 Å². The monoisotopic (exact) mass is 338 g/mol. The van der Waals surface area contributed by atoms with Gasteiger partial charge >= 0.3 is 0 Å². The molecule has 130 valence electrons. The molecule has 2 aromatic carbocycles. The van der Waals surface area contributed by atoms with Gasteiger partial charge in [0.2, 0.25) is 0 Å². The van der Waals surface area contributed by atoms with Crippen LogP contribution in [0.5, 0.6) is 5.75 Å². The van der Waals surface area contributed by atoms with Crippen molar-refractivity contribution in [1.82, 2.24) is 10.6 Å². The summed E-state index contributed by atoms with van der Waals surface area (Å²) in [6, 6.07) is 16.0. The van der Waals surface area contributed by atoms with Crippen LogP contribution in [0.3, 0.4) is 0 Å². The van der Waals surface area contributed by atoms with E-state index in [9.17, 15) is 9.59 Å². The molecule has 0 unspecified atom stereocenters. The Balaban J connectivity index is 2.34. The van der Waals surface area contributed by atoms with E-state index in [1.165, 1.54) is 0 Å². The molecular weight excluding hydrogens is 316 g/mol. The van der Waals surface area contributed by atoms with E-state index in [0.717, 1.165) is 0 Å². The van der Waals surface area contributed by atoms with Gasteiger partial charge in [0.25, 0.3) is 11.8 Å². The Bertz CT molecular complexity index is 768. The topological polar surface area (TPSA) is 67.4 Å². The van der Waals surface area contributed by atoms with Crippen LogP contribution in [-0.4, -0.2) is 25.0 Å². The van der Waals surface area contributed by atoms with Crippen molar-refractivity contribution in [2.75, 3.05) is 7.11 Å². The molecule has 2 aromatic rings. The number of amides is 2. The third kappa shape index (κ3) is 5.21. The summed E-state index contributed by atoms with van der Waals surface area (Å²) in [6.07, 6.45) is 1.61. The van der Waals surface area contributed by atoms with E-state index < -0.39 is 0 Å². The first-order valence-corrected chi connectivity index (χ1v) is 8.03. The van der Waals surface area contributed by atoms with Gasteiger partial charge < -0.3 is 15.4 Å². The van der Waals surface area contributed by atoms with Crippen molar-refractivity contribution in [3.8, 4) is 5.75 Å². The van der Waals surface area contributed by atoms with E-state index in [2.05, 4.69) is 10.6 Å². The number of hydrogen-bond acceptors (Lipinski definition) is 3. The lowest BCUT2D eigenvalue weighted by molar-refractivity contribution is -0.118. The SMILES string of the molecule is COc1ccccc1/C=C(/NC(=O)c1ccccc1)C(=O)NC(C)C. The van der Waals surface area contributed by atoms with Crippen molar-refractivity contribution >= 4 is 17.9 Å². The fraction of sp³-hybridized carbons (Fsp3) is 0.200. The molecule has 0 aliphatic heterocycles. The summed E-state index contributed by atoms with van der Waals surface area (Å²) in [6.45, 7) is 3.72. The molecule has 0 spiro atoms. The molecule has 0 bridgehead atoms. The zero-order valence-electron chi connectivity index (χ0n) is 14.6. The molecule has 2 N–H and O–H groups in total. The van der Waals surface area contributed by atoms with Crippen LogP contribution in [0.25, 0.3) is 6.08 Å². The minimum atomic E-state index is -0.356. The van der Waals surface area contributed by atoms with Crippen molar-refractivity contribution in [3.63, 3.8) is 0 Å². The van der Waals surface area contributed by atoms with Crippen LogP contribution in [0.4, 0.5) is 0 Å². The van der Waals surface area contributed by atoms with Crippen LogP contribution < -0.4 is 15.4 Å². The summed E-state index contributed by atoms with van der Waals surface area (Å²) in [4.78, 5) is 24.9. The van der Waals surface area contributed by atoms with Gasteiger partial charge in [-0.15, -0.1) is 0 Å². The van der Waals surface area contributed by atoms with E-state index in [0.29, 0.717) is 16.9 Å². The summed E-state index contributed by atoms with van der Waals surface area (Å²) >= 11 is 0. The Labute approximate surface area is 147 Å². The van der Waals surface area contributed by atoms with Gasteiger partial charge in [-0.25, -0.2) is 0 Å². The number of methoxy groups -OCH3 is 1. The standard InChI is InChI=1S/C20H22N2O3/c1-14(2)21-20(24)17(13-16-11-7-8-12-18(16)25-3)22-19(23)15-9-5-4-6-10-15/h4-14H,1-3H3,(H,21,24)(H,22,23)/b17-13+. The first kappa shape index (κ1) is 18.3. The largest absolute Gasteiger partial charge is 0.496 e. The van der Waals surface area contributed by atoms with Crippen molar-refractivity contribution in [2.24, 2.45) is 0 Å². The number of benzene rings is 2. The van der Waals surface area contributed by atoms with Gasteiger partial charge in [0.15, 0.2) is 0 Å². The Morgan fingerprint density at radius 2 is 1.64 bits per heavy atom. The first-order valence-electron chi connectivity index (χ1n) is 8.03. The van der Waals surface area contributed by atoms with E-state index in [1.54, 1.807) is 43.5 Å². The zero-order chi connectivity index (χ0) is 18.2.